The molecule has 0 fully saturated rings. The van der Waals surface area contributed by atoms with Crippen LogP contribution in [0, 0.1) is 6.92 Å². The molecule has 3 aromatic rings. The second-order valence-electron chi connectivity index (χ2n) is 6.06. The molecule has 0 aliphatic carbocycles. The number of aromatic nitrogens is 2. The summed E-state index contributed by atoms with van der Waals surface area (Å²) in [5.74, 6) is 1.93. The summed E-state index contributed by atoms with van der Waals surface area (Å²) in [6, 6.07) is 13.1. The average molecular weight is 365 g/mol. The number of amides is 1. The predicted octanol–water partition coefficient (Wildman–Crippen LogP) is 3.83. The number of benzene rings is 2. The number of ether oxygens (including phenoxy) is 3. The third-order valence-corrected chi connectivity index (χ3v) is 4.24. The number of carbonyl (C=O) groups is 1. The van der Waals surface area contributed by atoms with Gasteiger partial charge in [0.1, 0.15) is 5.82 Å². The van der Waals surface area contributed by atoms with E-state index < -0.39 is 6.09 Å². The molecule has 0 radical (unpaired) electrons. The molecule has 2 heterocycles. The Balaban J connectivity index is 1.79. The molecule has 0 N–H and O–H groups in total. The molecule has 1 aliphatic rings. The number of hydrogen-bond donors (Lipinski definition) is 0. The Hall–Kier alpha value is -3.35. The third kappa shape index (κ3) is 3.36. The summed E-state index contributed by atoms with van der Waals surface area (Å²) in [6.45, 7) is 4.34. The first kappa shape index (κ1) is 17.1. The van der Waals surface area contributed by atoms with Gasteiger partial charge in [-0.3, -0.25) is 4.90 Å². The van der Waals surface area contributed by atoms with Crippen LogP contribution in [0.15, 0.2) is 42.5 Å². The fraction of sp³-hybridized carbons (Fsp3) is 0.250. The molecule has 0 saturated carbocycles. The highest BCUT2D eigenvalue weighted by atomic mass is 16.7. The van der Waals surface area contributed by atoms with Gasteiger partial charge in [-0.15, -0.1) is 0 Å². The van der Waals surface area contributed by atoms with Gasteiger partial charge in [0.15, 0.2) is 11.5 Å². The Morgan fingerprint density at radius 3 is 2.63 bits per heavy atom. The van der Waals surface area contributed by atoms with Crippen molar-refractivity contribution in [2.75, 3.05) is 18.3 Å². The minimum absolute atomic E-state index is 0.187. The van der Waals surface area contributed by atoms with Crippen molar-refractivity contribution in [3.8, 4) is 11.5 Å². The van der Waals surface area contributed by atoms with Gasteiger partial charge in [-0.05, 0) is 32.0 Å². The summed E-state index contributed by atoms with van der Waals surface area (Å²) in [5.41, 5.74) is 2.20. The zero-order valence-corrected chi connectivity index (χ0v) is 15.1. The largest absolute Gasteiger partial charge is 0.454 e. The molecular weight excluding hydrogens is 346 g/mol. The molecule has 0 bridgehead atoms. The van der Waals surface area contributed by atoms with Crippen LogP contribution >= 0.6 is 0 Å². The van der Waals surface area contributed by atoms with Gasteiger partial charge in [-0.25, -0.2) is 14.8 Å². The highest BCUT2D eigenvalue weighted by Gasteiger charge is 2.22. The first-order chi connectivity index (χ1) is 13.2. The summed E-state index contributed by atoms with van der Waals surface area (Å²) < 4.78 is 16.2. The van der Waals surface area contributed by atoms with Crippen LogP contribution in [0.4, 0.5) is 10.5 Å². The SMILES string of the molecule is CCOC(=O)N(Cc1nc(C)nc2cc3c(cc12)OCO3)c1ccccc1. The van der Waals surface area contributed by atoms with E-state index in [1.807, 2.05) is 49.4 Å². The van der Waals surface area contributed by atoms with Crippen LogP contribution in [-0.4, -0.2) is 29.5 Å². The lowest BCUT2D eigenvalue weighted by Gasteiger charge is -2.22. The molecular formula is C20H19N3O4. The normalized spacial score (nSPS) is 12.2. The highest BCUT2D eigenvalue weighted by Crippen LogP contribution is 2.36. The highest BCUT2D eigenvalue weighted by molar-refractivity contribution is 5.90. The number of hydrogen-bond acceptors (Lipinski definition) is 6. The number of para-hydroxylation sites is 1. The second kappa shape index (κ2) is 7.11. The monoisotopic (exact) mass is 365 g/mol. The van der Waals surface area contributed by atoms with Gasteiger partial charge in [0, 0.05) is 17.1 Å². The van der Waals surface area contributed by atoms with Crippen LogP contribution in [0.5, 0.6) is 11.5 Å². The molecule has 7 heteroatoms. The summed E-state index contributed by atoms with van der Waals surface area (Å²) >= 11 is 0. The summed E-state index contributed by atoms with van der Waals surface area (Å²) in [4.78, 5) is 23.2. The number of carbonyl (C=O) groups excluding carboxylic acids is 1. The van der Waals surface area contributed by atoms with Gasteiger partial charge in [0.25, 0.3) is 0 Å². The molecule has 27 heavy (non-hydrogen) atoms. The van der Waals surface area contributed by atoms with Crippen molar-refractivity contribution in [2.24, 2.45) is 0 Å². The van der Waals surface area contributed by atoms with E-state index in [2.05, 4.69) is 9.97 Å². The summed E-state index contributed by atoms with van der Waals surface area (Å²) in [7, 11) is 0. The molecule has 1 aromatic heterocycles. The fourth-order valence-corrected chi connectivity index (χ4v) is 3.05. The van der Waals surface area contributed by atoms with Crippen molar-refractivity contribution < 1.29 is 19.0 Å². The van der Waals surface area contributed by atoms with Crippen LogP contribution in [0.25, 0.3) is 10.9 Å². The quantitative estimate of drug-likeness (QED) is 0.700. The third-order valence-electron chi connectivity index (χ3n) is 4.24. The number of anilines is 1. The van der Waals surface area contributed by atoms with Crippen molar-refractivity contribution in [1.29, 1.82) is 0 Å². The summed E-state index contributed by atoms with van der Waals surface area (Å²) in [6.07, 6.45) is -0.422. The van der Waals surface area contributed by atoms with Crippen molar-refractivity contribution in [3.63, 3.8) is 0 Å². The Morgan fingerprint density at radius 1 is 1.15 bits per heavy atom. The van der Waals surface area contributed by atoms with Crippen molar-refractivity contribution >= 4 is 22.7 Å². The lowest BCUT2D eigenvalue weighted by molar-refractivity contribution is 0.159. The van der Waals surface area contributed by atoms with Gasteiger partial charge < -0.3 is 14.2 Å². The number of rotatable bonds is 4. The molecule has 0 unspecified atom stereocenters. The van der Waals surface area contributed by atoms with E-state index >= 15 is 0 Å². The van der Waals surface area contributed by atoms with E-state index in [0.717, 1.165) is 16.6 Å². The van der Waals surface area contributed by atoms with Crippen molar-refractivity contribution in [3.05, 3.63) is 54.0 Å². The Labute approximate surface area is 156 Å². The Bertz CT molecular complexity index is 991. The van der Waals surface area contributed by atoms with E-state index in [1.54, 1.807) is 11.8 Å². The molecule has 1 aliphatic heterocycles. The van der Waals surface area contributed by atoms with E-state index in [1.165, 1.54) is 0 Å². The lowest BCUT2D eigenvalue weighted by Crippen LogP contribution is -2.31. The fourth-order valence-electron chi connectivity index (χ4n) is 3.05. The maximum absolute atomic E-state index is 12.6. The average Bonchev–Trinajstić information content (AvgIpc) is 3.12. The van der Waals surface area contributed by atoms with Gasteiger partial charge in [-0.1, -0.05) is 18.2 Å². The molecule has 0 saturated heterocycles. The predicted molar refractivity (Wildman–Crippen MR) is 100 cm³/mol. The standard InChI is InChI=1S/C20H19N3O4/c1-3-25-20(24)23(14-7-5-4-6-8-14)11-17-15-9-18-19(27-12-26-18)10-16(15)21-13(2)22-17/h4-10H,3,11-12H2,1-2H3. The summed E-state index contributed by atoms with van der Waals surface area (Å²) in [5, 5.41) is 0.815. The minimum atomic E-state index is -0.422. The Kier molecular flexibility index (Phi) is 4.50. The molecule has 4 rings (SSSR count). The van der Waals surface area contributed by atoms with E-state index in [9.17, 15) is 4.79 Å². The topological polar surface area (TPSA) is 73.8 Å². The minimum Gasteiger partial charge on any atom is -0.454 e. The lowest BCUT2D eigenvalue weighted by atomic mass is 10.1. The maximum Gasteiger partial charge on any atom is 0.414 e. The maximum atomic E-state index is 12.6. The Morgan fingerprint density at radius 2 is 1.89 bits per heavy atom. The van der Waals surface area contributed by atoms with Gasteiger partial charge in [-0.2, -0.15) is 0 Å². The molecule has 0 atom stereocenters. The first-order valence-electron chi connectivity index (χ1n) is 8.72. The molecule has 0 spiro atoms. The van der Waals surface area contributed by atoms with Crippen LogP contribution < -0.4 is 14.4 Å². The van der Waals surface area contributed by atoms with Gasteiger partial charge in [0.05, 0.1) is 24.4 Å². The zero-order valence-electron chi connectivity index (χ0n) is 15.1. The zero-order chi connectivity index (χ0) is 18.8. The first-order valence-corrected chi connectivity index (χ1v) is 8.72. The number of aryl methyl sites for hydroxylation is 1. The molecule has 2 aromatic carbocycles. The van der Waals surface area contributed by atoms with Crippen LogP contribution in [0.3, 0.4) is 0 Å². The van der Waals surface area contributed by atoms with Crippen molar-refractivity contribution in [1.82, 2.24) is 9.97 Å². The molecule has 7 nitrogen and oxygen atoms in total. The van der Waals surface area contributed by atoms with E-state index in [4.69, 9.17) is 14.2 Å². The van der Waals surface area contributed by atoms with E-state index in [0.29, 0.717) is 29.6 Å². The van der Waals surface area contributed by atoms with E-state index in [-0.39, 0.29) is 13.3 Å². The molecule has 1 amide bonds. The second-order valence-corrected chi connectivity index (χ2v) is 6.06. The number of nitrogens with zero attached hydrogens (tertiary/aromatic N) is 3. The van der Waals surface area contributed by atoms with Gasteiger partial charge in [0.2, 0.25) is 6.79 Å². The van der Waals surface area contributed by atoms with Crippen LogP contribution in [0.2, 0.25) is 0 Å². The van der Waals surface area contributed by atoms with Gasteiger partial charge >= 0.3 is 6.09 Å². The smallest absolute Gasteiger partial charge is 0.414 e. The molecule has 138 valence electrons. The number of fused-ring (bicyclic) bond motifs is 2. The van der Waals surface area contributed by atoms with Crippen LogP contribution in [0.1, 0.15) is 18.4 Å². The van der Waals surface area contributed by atoms with Crippen molar-refractivity contribution in [2.45, 2.75) is 20.4 Å². The van der Waals surface area contributed by atoms with Crippen LogP contribution in [-0.2, 0) is 11.3 Å².